The van der Waals surface area contributed by atoms with Crippen molar-refractivity contribution in [2.75, 3.05) is 6.54 Å². The molecule has 3 heteroatoms. The Labute approximate surface area is 77.1 Å². The molecule has 68 valence electrons. The summed E-state index contributed by atoms with van der Waals surface area (Å²) in [5.74, 6) is 3.32. The Bertz CT molecular complexity index is 333. The SMILES string of the molecule is C#CC(=O)NCCc1ccc(C)o1. The molecule has 0 atom stereocenters. The van der Waals surface area contributed by atoms with E-state index in [9.17, 15) is 4.79 Å². The first-order valence-corrected chi connectivity index (χ1v) is 4.02. The van der Waals surface area contributed by atoms with Crippen molar-refractivity contribution >= 4 is 5.91 Å². The highest BCUT2D eigenvalue weighted by Gasteiger charge is 1.99. The lowest BCUT2D eigenvalue weighted by molar-refractivity contribution is -0.115. The molecule has 0 aliphatic heterocycles. The smallest absolute Gasteiger partial charge is 0.295 e. The number of carbonyl (C=O) groups is 1. The molecule has 0 aliphatic rings. The molecule has 3 nitrogen and oxygen atoms in total. The summed E-state index contributed by atoms with van der Waals surface area (Å²) in [5, 5.41) is 2.56. The Morgan fingerprint density at radius 1 is 1.69 bits per heavy atom. The van der Waals surface area contributed by atoms with Crippen LogP contribution in [0.5, 0.6) is 0 Å². The van der Waals surface area contributed by atoms with E-state index >= 15 is 0 Å². The molecule has 0 aromatic carbocycles. The van der Waals surface area contributed by atoms with E-state index in [1.54, 1.807) is 0 Å². The van der Waals surface area contributed by atoms with Crippen molar-refractivity contribution in [1.29, 1.82) is 0 Å². The van der Waals surface area contributed by atoms with E-state index in [0.29, 0.717) is 13.0 Å². The van der Waals surface area contributed by atoms with Crippen molar-refractivity contribution < 1.29 is 9.21 Å². The zero-order valence-electron chi connectivity index (χ0n) is 7.46. The van der Waals surface area contributed by atoms with Crippen molar-refractivity contribution in [3.05, 3.63) is 23.7 Å². The first-order chi connectivity index (χ1) is 6.22. The summed E-state index contributed by atoms with van der Waals surface area (Å²) in [6.45, 7) is 2.39. The van der Waals surface area contributed by atoms with Gasteiger partial charge >= 0.3 is 0 Å². The monoisotopic (exact) mass is 177 g/mol. The van der Waals surface area contributed by atoms with E-state index in [1.165, 1.54) is 0 Å². The van der Waals surface area contributed by atoms with E-state index < -0.39 is 0 Å². The molecule has 0 fully saturated rings. The number of furan rings is 1. The number of rotatable bonds is 3. The quantitative estimate of drug-likeness (QED) is 0.696. The maximum atomic E-state index is 10.6. The Morgan fingerprint density at radius 2 is 2.46 bits per heavy atom. The van der Waals surface area contributed by atoms with Crippen molar-refractivity contribution in [3.63, 3.8) is 0 Å². The lowest BCUT2D eigenvalue weighted by atomic mass is 10.3. The summed E-state index contributed by atoms with van der Waals surface area (Å²) >= 11 is 0. The van der Waals surface area contributed by atoms with Gasteiger partial charge in [-0.1, -0.05) is 0 Å². The molecule has 0 spiro atoms. The molecule has 0 unspecified atom stereocenters. The second-order valence-electron chi connectivity index (χ2n) is 2.66. The van der Waals surface area contributed by atoms with Crippen LogP contribution in [-0.4, -0.2) is 12.5 Å². The molecule has 0 aliphatic carbocycles. The van der Waals surface area contributed by atoms with Crippen LogP contribution < -0.4 is 5.32 Å². The fraction of sp³-hybridized carbons (Fsp3) is 0.300. The van der Waals surface area contributed by atoms with Gasteiger partial charge in [-0.25, -0.2) is 0 Å². The third-order valence-corrected chi connectivity index (χ3v) is 1.58. The summed E-state index contributed by atoms with van der Waals surface area (Å²) in [5.41, 5.74) is 0. The van der Waals surface area contributed by atoms with Crippen molar-refractivity contribution in [2.45, 2.75) is 13.3 Å². The third-order valence-electron chi connectivity index (χ3n) is 1.58. The molecule has 1 heterocycles. The van der Waals surface area contributed by atoms with Gasteiger partial charge in [-0.05, 0) is 25.0 Å². The average Bonchev–Trinajstić information content (AvgIpc) is 2.51. The summed E-state index contributed by atoms with van der Waals surface area (Å²) in [6.07, 6.45) is 5.54. The van der Waals surface area contributed by atoms with Crippen molar-refractivity contribution in [3.8, 4) is 12.3 Å². The molecule has 13 heavy (non-hydrogen) atoms. The van der Waals surface area contributed by atoms with Crippen LogP contribution in [0.4, 0.5) is 0 Å². The summed E-state index contributed by atoms with van der Waals surface area (Å²) < 4.78 is 5.30. The minimum Gasteiger partial charge on any atom is -0.466 e. The van der Waals surface area contributed by atoms with Gasteiger partial charge < -0.3 is 9.73 Å². The van der Waals surface area contributed by atoms with Crippen LogP contribution in [0.1, 0.15) is 11.5 Å². The van der Waals surface area contributed by atoms with Gasteiger partial charge in [0.05, 0.1) is 0 Å². The fourth-order valence-electron chi connectivity index (χ4n) is 0.970. The Morgan fingerprint density at radius 3 is 3.00 bits per heavy atom. The number of aryl methyl sites for hydroxylation is 1. The summed E-state index contributed by atoms with van der Waals surface area (Å²) in [7, 11) is 0. The second-order valence-corrected chi connectivity index (χ2v) is 2.66. The molecule has 1 amide bonds. The van der Waals surface area contributed by atoms with Crippen LogP contribution in [0.3, 0.4) is 0 Å². The topological polar surface area (TPSA) is 42.2 Å². The fourth-order valence-corrected chi connectivity index (χ4v) is 0.970. The zero-order chi connectivity index (χ0) is 9.68. The van der Waals surface area contributed by atoms with Crippen molar-refractivity contribution in [2.24, 2.45) is 0 Å². The van der Waals surface area contributed by atoms with Crippen LogP contribution >= 0.6 is 0 Å². The van der Waals surface area contributed by atoms with Gasteiger partial charge in [0.1, 0.15) is 11.5 Å². The van der Waals surface area contributed by atoms with Gasteiger partial charge in [-0.3, -0.25) is 4.79 Å². The number of hydrogen-bond acceptors (Lipinski definition) is 2. The van der Waals surface area contributed by atoms with Crippen LogP contribution in [0.2, 0.25) is 0 Å². The standard InChI is InChI=1S/C10H11NO2/c1-3-10(12)11-7-6-9-5-4-8(2)13-9/h1,4-5H,6-7H2,2H3,(H,11,12). The van der Waals surface area contributed by atoms with Gasteiger partial charge in [0.25, 0.3) is 5.91 Å². The average molecular weight is 177 g/mol. The minimum absolute atomic E-state index is 0.386. The first kappa shape index (κ1) is 9.40. The van der Waals surface area contributed by atoms with E-state index in [-0.39, 0.29) is 5.91 Å². The van der Waals surface area contributed by atoms with Gasteiger partial charge in [0, 0.05) is 13.0 Å². The largest absolute Gasteiger partial charge is 0.466 e. The lowest BCUT2D eigenvalue weighted by Gasteiger charge is -1.97. The number of amides is 1. The molecule has 1 aromatic rings. The number of terminal acetylenes is 1. The van der Waals surface area contributed by atoms with Crippen LogP contribution in [-0.2, 0) is 11.2 Å². The summed E-state index contributed by atoms with van der Waals surface area (Å²) in [4.78, 5) is 10.6. The van der Waals surface area contributed by atoms with Crippen LogP contribution in [0, 0.1) is 19.3 Å². The maximum absolute atomic E-state index is 10.6. The lowest BCUT2D eigenvalue weighted by Crippen LogP contribution is -2.23. The third kappa shape index (κ3) is 3.04. The van der Waals surface area contributed by atoms with Gasteiger partial charge in [-0.15, -0.1) is 6.42 Å². The predicted octanol–water partition coefficient (Wildman–Crippen LogP) is 0.880. The Kier molecular flexibility index (Phi) is 3.15. The molecule has 0 saturated carbocycles. The van der Waals surface area contributed by atoms with E-state index in [1.807, 2.05) is 25.0 Å². The summed E-state index contributed by atoms with van der Waals surface area (Å²) in [6, 6.07) is 3.77. The van der Waals surface area contributed by atoms with Crippen molar-refractivity contribution in [1.82, 2.24) is 5.32 Å². The van der Waals surface area contributed by atoms with Gasteiger partial charge in [0.15, 0.2) is 0 Å². The minimum atomic E-state index is -0.386. The highest BCUT2D eigenvalue weighted by Crippen LogP contribution is 2.05. The first-order valence-electron chi connectivity index (χ1n) is 4.02. The second kappa shape index (κ2) is 4.36. The molecular weight excluding hydrogens is 166 g/mol. The molecule has 1 N–H and O–H groups in total. The zero-order valence-corrected chi connectivity index (χ0v) is 7.46. The normalized spacial score (nSPS) is 9.23. The van der Waals surface area contributed by atoms with Gasteiger partial charge in [0.2, 0.25) is 0 Å². The molecular formula is C10H11NO2. The Balaban J connectivity index is 2.29. The number of hydrogen-bond donors (Lipinski definition) is 1. The Hall–Kier alpha value is -1.69. The molecule has 0 radical (unpaired) electrons. The van der Waals surface area contributed by atoms with Gasteiger partial charge in [-0.2, -0.15) is 0 Å². The number of nitrogens with one attached hydrogen (secondary N) is 1. The molecule has 1 aromatic heterocycles. The number of carbonyl (C=O) groups excluding carboxylic acids is 1. The van der Waals surface area contributed by atoms with Crippen LogP contribution in [0.15, 0.2) is 16.5 Å². The predicted molar refractivity (Wildman–Crippen MR) is 49.0 cm³/mol. The van der Waals surface area contributed by atoms with Crippen LogP contribution in [0.25, 0.3) is 0 Å². The highest BCUT2D eigenvalue weighted by molar-refractivity contribution is 5.92. The highest BCUT2D eigenvalue weighted by atomic mass is 16.3. The molecule has 1 rings (SSSR count). The maximum Gasteiger partial charge on any atom is 0.295 e. The molecule has 0 saturated heterocycles. The van der Waals surface area contributed by atoms with E-state index in [4.69, 9.17) is 10.8 Å². The van der Waals surface area contributed by atoms with E-state index in [2.05, 4.69) is 5.32 Å². The molecule has 0 bridgehead atoms. The van der Waals surface area contributed by atoms with E-state index in [0.717, 1.165) is 11.5 Å².